The zero-order chi connectivity index (χ0) is 21.8. The van der Waals surface area contributed by atoms with Crippen molar-refractivity contribution in [1.82, 2.24) is 19.8 Å². The molecule has 2 aliphatic rings. The summed E-state index contributed by atoms with van der Waals surface area (Å²) in [5.41, 5.74) is 1.58. The van der Waals surface area contributed by atoms with Crippen LogP contribution >= 0.6 is 0 Å². The fourth-order valence-corrected chi connectivity index (χ4v) is 3.88. The van der Waals surface area contributed by atoms with Crippen LogP contribution in [0.4, 0.5) is 5.95 Å². The molecule has 1 aromatic carbocycles. The van der Waals surface area contributed by atoms with Crippen molar-refractivity contribution >= 4 is 23.3 Å². The monoisotopic (exact) mass is 419 g/mol. The van der Waals surface area contributed by atoms with Crippen molar-refractivity contribution in [3.05, 3.63) is 66.6 Å². The van der Waals surface area contributed by atoms with Gasteiger partial charge in [0.15, 0.2) is 0 Å². The molecule has 1 fully saturated rings. The van der Waals surface area contributed by atoms with Crippen molar-refractivity contribution in [2.75, 3.05) is 44.2 Å². The Labute approximate surface area is 181 Å². The van der Waals surface area contributed by atoms with E-state index in [0.717, 1.165) is 5.75 Å². The molecule has 1 aromatic heterocycles. The quantitative estimate of drug-likeness (QED) is 0.501. The summed E-state index contributed by atoms with van der Waals surface area (Å²) >= 11 is 0. The molecular weight excluding hydrogens is 394 g/mol. The predicted molar refractivity (Wildman–Crippen MR) is 117 cm³/mol. The molecule has 0 unspecified atom stereocenters. The Hall–Kier alpha value is -3.68. The van der Waals surface area contributed by atoms with Gasteiger partial charge in [0.05, 0.1) is 12.2 Å². The average molecular weight is 419 g/mol. The molecule has 160 valence electrons. The lowest BCUT2D eigenvalue weighted by atomic mass is 10.0. The molecule has 0 bridgehead atoms. The lowest BCUT2D eigenvalue weighted by molar-refractivity contribution is -0.136. The first-order valence-electron chi connectivity index (χ1n) is 10.4. The lowest BCUT2D eigenvalue weighted by Crippen LogP contribution is -2.48. The number of imide groups is 1. The van der Waals surface area contributed by atoms with Gasteiger partial charge in [-0.2, -0.15) is 0 Å². The number of amides is 2. The first-order valence-corrected chi connectivity index (χ1v) is 10.4. The SMILES string of the molecule is C=CCN1C(=O)C(c2ccc(OCC)cc2)=C(N2CCN(c3ncccn3)CC2)C1=O. The minimum atomic E-state index is -0.294. The molecule has 0 atom stereocenters. The van der Waals surface area contributed by atoms with Crippen molar-refractivity contribution in [2.45, 2.75) is 6.92 Å². The van der Waals surface area contributed by atoms with Crippen LogP contribution in [0.15, 0.2) is 61.1 Å². The van der Waals surface area contributed by atoms with E-state index < -0.39 is 0 Å². The van der Waals surface area contributed by atoms with Crippen LogP contribution in [-0.4, -0.2) is 70.9 Å². The molecule has 4 rings (SSSR count). The zero-order valence-corrected chi connectivity index (χ0v) is 17.5. The molecule has 2 aliphatic heterocycles. The third-order valence-electron chi connectivity index (χ3n) is 5.34. The summed E-state index contributed by atoms with van der Waals surface area (Å²) in [4.78, 5) is 40.3. The number of ether oxygens (including phenoxy) is 1. The van der Waals surface area contributed by atoms with Crippen LogP contribution in [0.5, 0.6) is 5.75 Å². The van der Waals surface area contributed by atoms with Gasteiger partial charge >= 0.3 is 0 Å². The Morgan fingerprint density at radius 3 is 2.26 bits per heavy atom. The van der Waals surface area contributed by atoms with Crippen LogP contribution in [0.3, 0.4) is 0 Å². The Kier molecular flexibility index (Phi) is 5.97. The summed E-state index contributed by atoms with van der Waals surface area (Å²) in [5, 5.41) is 0. The van der Waals surface area contributed by atoms with E-state index in [2.05, 4.69) is 21.4 Å². The first-order chi connectivity index (χ1) is 15.1. The molecule has 0 spiro atoms. The molecule has 31 heavy (non-hydrogen) atoms. The average Bonchev–Trinajstić information content (AvgIpc) is 3.06. The number of carbonyl (C=O) groups excluding carboxylic acids is 2. The summed E-state index contributed by atoms with van der Waals surface area (Å²) in [7, 11) is 0. The topological polar surface area (TPSA) is 78.9 Å². The summed E-state index contributed by atoms with van der Waals surface area (Å²) in [6.07, 6.45) is 5.00. The van der Waals surface area contributed by atoms with Crippen molar-refractivity contribution in [2.24, 2.45) is 0 Å². The number of hydrogen-bond acceptors (Lipinski definition) is 7. The van der Waals surface area contributed by atoms with E-state index in [-0.39, 0.29) is 18.4 Å². The van der Waals surface area contributed by atoms with E-state index in [9.17, 15) is 9.59 Å². The number of rotatable bonds is 7. The van der Waals surface area contributed by atoms with Crippen molar-refractivity contribution in [1.29, 1.82) is 0 Å². The Morgan fingerprint density at radius 1 is 1.00 bits per heavy atom. The van der Waals surface area contributed by atoms with Gasteiger partial charge < -0.3 is 14.5 Å². The van der Waals surface area contributed by atoms with E-state index in [1.54, 1.807) is 24.5 Å². The normalized spacial score (nSPS) is 16.9. The van der Waals surface area contributed by atoms with Crippen LogP contribution in [0.25, 0.3) is 5.57 Å². The second-order valence-corrected chi connectivity index (χ2v) is 7.21. The third-order valence-corrected chi connectivity index (χ3v) is 5.34. The number of hydrogen-bond donors (Lipinski definition) is 0. The molecule has 8 nitrogen and oxygen atoms in total. The second kappa shape index (κ2) is 8.99. The fourth-order valence-electron chi connectivity index (χ4n) is 3.88. The Bertz CT molecular complexity index is 996. The molecule has 8 heteroatoms. The zero-order valence-electron chi connectivity index (χ0n) is 17.5. The molecule has 0 saturated carbocycles. The maximum atomic E-state index is 13.2. The van der Waals surface area contributed by atoms with Gasteiger partial charge in [-0.05, 0) is 30.7 Å². The van der Waals surface area contributed by atoms with E-state index in [0.29, 0.717) is 55.6 Å². The van der Waals surface area contributed by atoms with Crippen molar-refractivity contribution in [3.63, 3.8) is 0 Å². The molecule has 2 amide bonds. The smallest absolute Gasteiger partial charge is 0.278 e. The maximum Gasteiger partial charge on any atom is 0.278 e. The largest absolute Gasteiger partial charge is 0.494 e. The highest BCUT2D eigenvalue weighted by Gasteiger charge is 2.41. The number of nitrogens with zero attached hydrogens (tertiary/aromatic N) is 5. The van der Waals surface area contributed by atoms with Gasteiger partial charge in [0, 0.05) is 45.1 Å². The Morgan fingerprint density at radius 2 is 1.65 bits per heavy atom. The van der Waals surface area contributed by atoms with Crippen molar-refractivity contribution < 1.29 is 14.3 Å². The number of carbonyl (C=O) groups is 2. The highest BCUT2D eigenvalue weighted by atomic mass is 16.5. The summed E-state index contributed by atoms with van der Waals surface area (Å²) in [6, 6.07) is 9.09. The van der Waals surface area contributed by atoms with Crippen LogP contribution < -0.4 is 9.64 Å². The van der Waals surface area contributed by atoms with Gasteiger partial charge in [-0.25, -0.2) is 9.97 Å². The van der Waals surface area contributed by atoms with Crippen LogP contribution in [-0.2, 0) is 9.59 Å². The number of anilines is 1. The lowest BCUT2D eigenvalue weighted by Gasteiger charge is -2.36. The van der Waals surface area contributed by atoms with Gasteiger partial charge in [0.1, 0.15) is 11.4 Å². The van der Waals surface area contributed by atoms with Gasteiger partial charge in [-0.1, -0.05) is 18.2 Å². The highest BCUT2D eigenvalue weighted by Crippen LogP contribution is 2.33. The van der Waals surface area contributed by atoms with E-state index in [4.69, 9.17) is 4.74 Å². The number of piperazine rings is 1. The summed E-state index contributed by atoms with van der Waals surface area (Å²) in [5.74, 6) is 0.825. The van der Waals surface area contributed by atoms with Crippen LogP contribution in [0.2, 0.25) is 0 Å². The predicted octanol–water partition coefficient (Wildman–Crippen LogP) is 1.96. The van der Waals surface area contributed by atoms with Crippen LogP contribution in [0.1, 0.15) is 12.5 Å². The summed E-state index contributed by atoms with van der Waals surface area (Å²) in [6.45, 7) is 8.85. The second-order valence-electron chi connectivity index (χ2n) is 7.21. The molecule has 0 N–H and O–H groups in total. The van der Waals surface area contributed by atoms with Crippen molar-refractivity contribution in [3.8, 4) is 5.75 Å². The third kappa shape index (κ3) is 4.01. The fraction of sp³-hybridized carbons (Fsp3) is 0.304. The van der Waals surface area contributed by atoms with Gasteiger partial charge in [0.2, 0.25) is 5.95 Å². The minimum absolute atomic E-state index is 0.180. The molecule has 0 aliphatic carbocycles. The highest BCUT2D eigenvalue weighted by molar-refractivity contribution is 6.35. The summed E-state index contributed by atoms with van der Waals surface area (Å²) < 4.78 is 5.51. The van der Waals surface area contributed by atoms with Crippen LogP contribution in [0, 0.1) is 0 Å². The molecule has 1 saturated heterocycles. The minimum Gasteiger partial charge on any atom is -0.494 e. The molecule has 3 heterocycles. The van der Waals surface area contributed by atoms with Gasteiger partial charge in [-0.3, -0.25) is 14.5 Å². The molecule has 0 radical (unpaired) electrons. The molecular formula is C23H25N5O3. The van der Waals surface area contributed by atoms with E-state index >= 15 is 0 Å². The standard InChI is InChI=1S/C23H25N5O3/c1-3-12-28-21(29)19(17-6-8-18(9-7-17)31-4-2)20(22(28)30)26-13-15-27(16-14-26)23-24-10-5-11-25-23/h3,5-11H,1,4,12-16H2,2H3. The van der Waals surface area contributed by atoms with Gasteiger partial charge in [0.25, 0.3) is 11.8 Å². The number of aromatic nitrogens is 2. The van der Waals surface area contributed by atoms with Gasteiger partial charge in [-0.15, -0.1) is 6.58 Å². The van der Waals surface area contributed by atoms with E-state index in [1.807, 2.05) is 36.1 Å². The number of benzene rings is 1. The maximum absolute atomic E-state index is 13.2. The first kappa shape index (κ1) is 20.6. The Balaban J connectivity index is 1.63. The molecule has 2 aromatic rings. The van der Waals surface area contributed by atoms with E-state index in [1.165, 1.54) is 4.90 Å².